The van der Waals surface area contributed by atoms with Crippen LogP contribution in [0.1, 0.15) is 49.4 Å². The van der Waals surface area contributed by atoms with Crippen LogP contribution < -0.4 is 10.2 Å². The molecule has 1 aliphatic rings. The van der Waals surface area contributed by atoms with Gasteiger partial charge in [0.1, 0.15) is 0 Å². The van der Waals surface area contributed by atoms with Gasteiger partial charge < -0.3 is 15.1 Å². The Balaban J connectivity index is 1.59. The first-order chi connectivity index (χ1) is 13.9. The third-order valence-corrected chi connectivity index (χ3v) is 5.24. The fourth-order valence-corrected chi connectivity index (χ4v) is 3.77. The van der Waals surface area contributed by atoms with Crippen molar-refractivity contribution in [3.05, 3.63) is 47.3 Å². The molecule has 2 heterocycles. The molecule has 7 nitrogen and oxygen atoms in total. The molecule has 1 N–H and O–H groups in total. The van der Waals surface area contributed by atoms with Gasteiger partial charge in [-0.25, -0.2) is 0 Å². The number of aromatic nitrogens is 2. The summed E-state index contributed by atoms with van der Waals surface area (Å²) in [6, 6.07) is 8.19. The molecular weight excluding hydrogens is 364 g/mol. The Hall–Kier alpha value is -2.83. The van der Waals surface area contributed by atoms with Crippen molar-refractivity contribution < 1.29 is 4.79 Å². The summed E-state index contributed by atoms with van der Waals surface area (Å²) in [7, 11) is 5.80. The molecule has 0 saturated carbocycles. The number of aryl methyl sites for hydroxylation is 1. The molecule has 1 aromatic heterocycles. The van der Waals surface area contributed by atoms with E-state index in [9.17, 15) is 4.79 Å². The number of amides is 1. The van der Waals surface area contributed by atoms with Gasteiger partial charge in [-0.15, -0.1) is 0 Å². The summed E-state index contributed by atoms with van der Waals surface area (Å²) in [4.78, 5) is 20.3. The zero-order chi connectivity index (χ0) is 21.0. The Bertz CT molecular complexity index is 868. The molecular formula is C22H32N6O. The molecule has 1 aliphatic heterocycles. The summed E-state index contributed by atoms with van der Waals surface area (Å²) in [6.07, 6.45) is 3.68. The number of guanidine groups is 1. The van der Waals surface area contributed by atoms with Crippen LogP contribution in [0.2, 0.25) is 0 Å². The van der Waals surface area contributed by atoms with E-state index in [0.717, 1.165) is 42.4 Å². The van der Waals surface area contributed by atoms with Gasteiger partial charge in [-0.3, -0.25) is 14.5 Å². The summed E-state index contributed by atoms with van der Waals surface area (Å²) in [6.45, 7) is 6.57. The maximum Gasteiger partial charge on any atom is 0.227 e. The molecule has 0 aliphatic carbocycles. The molecule has 1 aromatic carbocycles. The number of rotatable bonds is 6. The quantitative estimate of drug-likeness (QED) is 0.602. The van der Waals surface area contributed by atoms with Crippen molar-refractivity contribution in [1.29, 1.82) is 0 Å². The molecule has 7 heteroatoms. The van der Waals surface area contributed by atoms with E-state index < -0.39 is 0 Å². The lowest BCUT2D eigenvalue weighted by atomic mass is 10.1. The van der Waals surface area contributed by atoms with Gasteiger partial charge in [0.15, 0.2) is 5.96 Å². The predicted octanol–water partition coefficient (Wildman–Crippen LogP) is 2.88. The number of carbonyl (C=O) groups is 1. The Morgan fingerprint density at radius 3 is 2.62 bits per heavy atom. The Labute approximate surface area is 173 Å². The fraction of sp³-hybridized carbons (Fsp3) is 0.500. The third-order valence-electron chi connectivity index (χ3n) is 5.24. The SMILES string of the molecule is CN=C(NCc1ccc(N2CCCC2=O)cc1)N(C)Cc1cn(C)nc1C(C)C. The molecule has 156 valence electrons. The van der Waals surface area contributed by atoms with Crippen LogP contribution in [0.4, 0.5) is 5.69 Å². The van der Waals surface area contributed by atoms with Gasteiger partial charge in [-0.05, 0) is 30.0 Å². The molecule has 1 amide bonds. The highest BCUT2D eigenvalue weighted by Gasteiger charge is 2.21. The molecule has 29 heavy (non-hydrogen) atoms. The van der Waals surface area contributed by atoms with Crippen LogP contribution in [-0.4, -0.2) is 47.2 Å². The van der Waals surface area contributed by atoms with Crippen molar-refractivity contribution in [2.45, 2.75) is 45.7 Å². The average molecular weight is 397 g/mol. The smallest absolute Gasteiger partial charge is 0.227 e. The highest BCUT2D eigenvalue weighted by Crippen LogP contribution is 2.22. The number of nitrogens with zero attached hydrogens (tertiary/aromatic N) is 5. The number of carbonyl (C=O) groups excluding carboxylic acids is 1. The standard InChI is InChI=1S/C22H32N6O/c1-16(2)21-18(15-27(5)25-21)14-26(4)22(23-3)24-13-17-8-10-19(11-9-17)28-12-6-7-20(28)29/h8-11,15-16H,6-7,12-14H2,1-5H3,(H,23,24). The molecule has 0 bridgehead atoms. The van der Waals surface area contributed by atoms with Gasteiger partial charge in [0.05, 0.1) is 5.69 Å². The van der Waals surface area contributed by atoms with Crippen LogP contribution in [0.5, 0.6) is 0 Å². The number of hydrogen-bond acceptors (Lipinski definition) is 3. The van der Waals surface area contributed by atoms with Gasteiger partial charge in [0.25, 0.3) is 0 Å². The van der Waals surface area contributed by atoms with Crippen molar-refractivity contribution in [2.75, 3.05) is 25.5 Å². The lowest BCUT2D eigenvalue weighted by molar-refractivity contribution is -0.117. The highest BCUT2D eigenvalue weighted by molar-refractivity contribution is 5.95. The van der Waals surface area contributed by atoms with Gasteiger partial charge >= 0.3 is 0 Å². The Morgan fingerprint density at radius 2 is 2.03 bits per heavy atom. The van der Waals surface area contributed by atoms with Gasteiger partial charge in [0.2, 0.25) is 5.91 Å². The summed E-state index contributed by atoms with van der Waals surface area (Å²) in [5, 5.41) is 8.02. The largest absolute Gasteiger partial charge is 0.352 e. The first kappa shape index (κ1) is 20.9. The summed E-state index contributed by atoms with van der Waals surface area (Å²) >= 11 is 0. The highest BCUT2D eigenvalue weighted by atomic mass is 16.2. The maximum absolute atomic E-state index is 11.9. The topological polar surface area (TPSA) is 65.8 Å². The lowest BCUT2D eigenvalue weighted by Crippen LogP contribution is -2.38. The summed E-state index contributed by atoms with van der Waals surface area (Å²) in [5.74, 6) is 1.44. The van der Waals surface area contributed by atoms with Crippen LogP contribution in [-0.2, 0) is 24.9 Å². The van der Waals surface area contributed by atoms with Crippen molar-refractivity contribution in [1.82, 2.24) is 20.0 Å². The Morgan fingerprint density at radius 1 is 1.31 bits per heavy atom. The summed E-state index contributed by atoms with van der Waals surface area (Å²) in [5.41, 5.74) is 4.48. The average Bonchev–Trinajstić information content (AvgIpc) is 3.28. The second-order valence-corrected chi connectivity index (χ2v) is 7.94. The molecule has 2 aromatic rings. The van der Waals surface area contributed by atoms with Gasteiger partial charge in [-0.1, -0.05) is 26.0 Å². The molecule has 0 spiro atoms. The number of nitrogens with one attached hydrogen (secondary N) is 1. The van der Waals surface area contributed by atoms with E-state index >= 15 is 0 Å². The van der Waals surface area contributed by atoms with E-state index in [0.29, 0.717) is 18.9 Å². The Kier molecular flexibility index (Phi) is 6.56. The molecule has 0 atom stereocenters. The molecule has 1 fully saturated rings. The second kappa shape index (κ2) is 9.11. The van der Waals surface area contributed by atoms with Crippen molar-refractivity contribution >= 4 is 17.6 Å². The van der Waals surface area contributed by atoms with Crippen LogP contribution in [0, 0.1) is 0 Å². The van der Waals surface area contributed by atoms with E-state index in [4.69, 9.17) is 0 Å². The van der Waals surface area contributed by atoms with E-state index in [1.54, 1.807) is 7.05 Å². The lowest BCUT2D eigenvalue weighted by Gasteiger charge is -2.22. The minimum Gasteiger partial charge on any atom is -0.352 e. The van der Waals surface area contributed by atoms with Crippen molar-refractivity contribution in [3.8, 4) is 0 Å². The van der Waals surface area contributed by atoms with Crippen LogP contribution in [0.3, 0.4) is 0 Å². The monoisotopic (exact) mass is 396 g/mol. The molecule has 3 rings (SSSR count). The zero-order valence-electron chi connectivity index (χ0n) is 18.1. The minimum atomic E-state index is 0.217. The van der Waals surface area contributed by atoms with E-state index in [-0.39, 0.29) is 5.91 Å². The van der Waals surface area contributed by atoms with Crippen molar-refractivity contribution in [3.63, 3.8) is 0 Å². The van der Waals surface area contributed by atoms with Crippen LogP contribution in [0.15, 0.2) is 35.5 Å². The van der Waals surface area contributed by atoms with Crippen LogP contribution in [0.25, 0.3) is 0 Å². The fourth-order valence-electron chi connectivity index (χ4n) is 3.77. The molecule has 0 unspecified atom stereocenters. The van der Waals surface area contributed by atoms with E-state index in [1.165, 1.54) is 5.56 Å². The van der Waals surface area contributed by atoms with E-state index in [2.05, 4.69) is 52.5 Å². The number of anilines is 1. The van der Waals surface area contributed by atoms with Gasteiger partial charge in [-0.2, -0.15) is 5.10 Å². The number of aliphatic imine (C=N–C) groups is 1. The number of hydrogen-bond donors (Lipinski definition) is 1. The normalized spacial score (nSPS) is 14.8. The van der Waals surface area contributed by atoms with Crippen LogP contribution >= 0.6 is 0 Å². The summed E-state index contributed by atoms with van der Waals surface area (Å²) < 4.78 is 1.88. The minimum absolute atomic E-state index is 0.217. The predicted molar refractivity (Wildman–Crippen MR) is 117 cm³/mol. The van der Waals surface area contributed by atoms with Gasteiger partial charge in [0, 0.05) is 64.6 Å². The molecule has 1 saturated heterocycles. The third kappa shape index (κ3) is 4.96. The maximum atomic E-state index is 11.9. The first-order valence-electron chi connectivity index (χ1n) is 10.2. The number of benzene rings is 1. The zero-order valence-corrected chi connectivity index (χ0v) is 18.1. The van der Waals surface area contributed by atoms with E-state index in [1.807, 2.05) is 35.8 Å². The second-order valence-electron chi connectivity index (χ2n) is 7.94. The first-order valence-corrected chi connectivity index (χ1v) is 10.2. The molecule has 0 radical (unpaired) electrons. The van der Waals surface area contributed by atoms with Crippen molar-refractivity contribution in [2.24, 2.45) is 12.0 Å².